The van der Waals surface area contributed by atoms with Crippen molar-refractivity contribution in [3.63, 3.8) is 0 Å². The first-order valence-corrected chi connectivity index (χ1v) is 9.80. The second-order valence-corrected chi connectivity index (χ2v) is 7.36. The van der Waals surface area contributed by atoms with Crippen molar-refractivity contribution in [2.45, 2.75) is 26.7 Å². The van der Waals surface area contributed by atoms with Crippen molar-refractivity contribution < 1.29 is 4.79 Å². The molecule has 1 amide bonds. The zero-order valence-corrected chi connectivity index (χ0v) is 16.9. The number of pyridine rings is 1. The van der Waals surface area contributed by atoms with Crippen LogP contribution in [0.5, 0.6) is 0 Å². The molecule has 4 rings (SSSR count). The van der Waals surface area contributed by atoms with Crippen LogP contribution < -0.4 is 5.32 Å². The van der Waals surface area contributed by atoms with Gasteiger partial charge in [0.25, 0.3) is 5.91 Å². The van der Waals surface area contributed by atoms with Crippen molar-refractivity contribution in [3.05, 3.63) is 89.2 Å². The number of nitrogens with zero attached hydrogens (tertiary/aromatic N) is 3. The van der Waals surface area contributed by atoms with E-state index in [1.165, 1.54) is 5.56 Å². The molecule has 0 bridgehead atoms. The second kappa shape index (κ2) is 7.87. The molecule has 0 aliphatic heterocycles. The molecule has 5 nitrogen and oxygen atoms in total. The van der Waals surface area contributed by atoms with Crippen molar-refractivity contribution in [1.82, 2.24) is 20.1 Å². The summed E-state index contributed by atoms with van der Waals surface area (Å²) in [6, 6.07) is 21.9. The minimum absolute atomic E-state index is 0.0982. The minimum atomic E-state index is -0.0982. The molecular formula is C24H24N4O. The van der Waals surface area contributed by atoms with Gasteiger partial charge in [-0.15, -0.1) is 0 Å². The van der Waals surface area contributed by atoms with Gasteiger partial charge in [0.15, 0.2) is 5.65 Å². The molecule has 0 aliphatic rings. The highest BCUT2D eigenvalue weighted by molar-refractivity contribution is 6.06. The molecule has 0 unspecified atom stereocenters. The number of aromatic nitrogens is 3. The van der Waals surface area contributed by atoms with Gasteiger partial charge in [-0.3, -0.25) is 4.79 Å². The number of nitrogens with one attached hydrogen (secondary N) is 1. The van der Waals surface area contributed by atoms with Crippen molar-refractivity contribution >= 4 is 16.9 Å². The summed E-state index contributed by atoms with van der Waals surface area (Å²) >= 11 is 0. The summed E-state index contributed by atoms with van der Waals surface area (Å²) in [5.41, 5.74) is 5.03. The van der Waals surface area contributed by atoms with Crippen LogP contribution in [-0.4, -0.2) is 27.2 Å². The fourth-order valence-corrected chi connectivity index (χ4v) is 3.58. The van der Waals surface area contributed by atoms with Gasteiger partial charge in [-0.05, 0) is 43.5 Å². The molecule has 4 aromatic rings. The van der Waals surface area contributed by atoms with Crippen LogP contribution in [0.15, 0.2) is 66.7 Å². The molecule has 2 aromatic carbocycles. The molecule has 0 spiro atoms. The molecule has 0 radical (unpaired) electrons. The number of para-hydroxylation sites is 1. The molecule has 0 saturated heterocycles. The minimum Gasteiger partial charge on any atom is -0.351 e. The van der Waals surface area contributed by atoms with Gasteiger partial charge in [-0.25, -0.2) is 9.67 Å². The van der Waals surface area contributed by atoms with Gasteiger partial charge in [0.2, 0.25) is 0 Å². The first-order valence-electron chi connectivity index (χ1n) is 9.80. The van der Waals surface area contributed by atoms with E-state index in [9.17, 15) is 4.79 Å². The van der Waals surface area contributed by atoms with Crippen LogP contribution in [0.2, 0.25) is 0 Å². The normalized spacial score (nSPS) is 12.1. The first kappa shape index (κ1) is 18.9. The van der Waals surface area contributed by atoms with Crippen LogP contribution in [-0.2, 0) is 0 Å². The molecular weight excluding hydrogens is 360 g/mol. The van der Waals surface area contributed by atoms with Gasteiger partial charge in [-0.1, -0.05) is 55.5 Å². The Balaban J connectivity index is 1.67. The summed E-state index contributed by atoms with van der Waals surface area (Å²) in [7, 11) is 0. The Labute approximate surface area is 170 Å². The van der Waals surface area contributed by atoms with Gasteiger partial charge >= 0.3 is 0 Å². The largest absolute Gasteiger partial charge is 0.351 e. The highest BCUT2D eigenvalue weighted by Crippen LogP contribution is 2.25. The fourth-order valence-electron chi connectivity index (χ4n) is 3.58. The number of carbonyl (C=O) groups excluding carboxylic acids is 1. The lowest BCUT2D eigenvalue weighted by Crippen LogP contribution is -2.28. The maximum Gasteiger partial charge on any atom is 0.252 e. The summed E-state index contributed by atoms with van der Waals surface area (Å²) in [4.78, 5) is 17.7. The molecule has 0 aliphatic carbocycles. The quantitative estimate of drug-likeness (QED) is 0.548. The predicted molar refractivity (Wildman–Crippen MR) is 116 cm³/mol. The summed E-state index contributed by atoms with van der Waals surface area (Å²) in [5, 5.41) is 8.55. The summed E-state index contributed by atoms with van der Waals surface area (Å²) < 4.78 is 1.81. The zero-order chi connectivity index (χ0) is 20.4. The molecule has 5 heteroatoms. The Morgan fingerprint density at radius 2 is 1.69 bits per heavy atom. The number of hydrogen-bond donors (Lipinski definition) is 1. The van der Waals surface area contributed by atoms with E-state index >= 15 is 0 Å². The van der Waals surface area contributed by atoms with E-state index in [1.54, 1.807) is 4.68 Å². The van der Waals surface area contributed by atoms with Crippen LogP contribution >= 0.6 is 0 Å². The van der Waals surface area contributed by atoms with E-state index in [-0.39, 0.29) is 11.8 Å². The fraction of sp³-hybridized carbons (Fsp3) is 0.208. The number of aryl methyl sites for hydroxylation is 2. The Kier molecular flexibility index (Phi) is 5.12. The van der Waals surface area contributed by atoms with E-state index in [0.29, 0.717) is 17.8 Å². The van der Waals surface area contributed by atoms with Gasteiger partial charge in [-0.2, -0.15) is 5.10 Å². The number of benzene rings is 2. The van der Waals surface area contributed by atoms with Crippen molar-refractivity contribution in [2.75, 3.05) is 6.54 Å². The molecule has 2 aromatic heterocycles. The Hall–Kier alpha value is -3.47. The second-order valence-electron chi connectivity index (χ2n) is 7.36. The SMILES string of the molecule is Cc1cc(C(=O)NC[C@@H](C)c2ccccc2)c2c(C)nn(-c3ccccc3)c2n1. The van der Waals surface area contributed by atoms with E-state index in [4.69, 9.17) is 0 Å². The topological polar surface area (TPSA) is 59.8 Å². The third-order valence-corrected chi connectivity index (χ3v) is 5.12. The van der Waals surface area contributed by atoms with E-state index in [1.807, 2.05) is 68.4 Å². The standard InChI is InChI=1S/C24H24N4O/c1-16(19-10-6-4-7-11-19)15-25-24(29)21-14-17(2)26-23-22(21)18(3)27-28(23)20-12-8-5-9-13-20/h4-14,16H,15H2,1-3H3,(H,25,29)/t16-/m1/s1. The van der Waals surface area contributed by atoms with E-state index in [2.05, 4.69) is 34.5 Å². The number of hydrogen-bond acceptors (Lipinski definition) is 3. The molecule has 29 heavy (non-hydrogen) atoms. The Bertz CT molecular complexity index is 1150. The number of fused-ring (bicyclic) bond motifs is 1. The van der Waals surface area contributed by atoms with Crippen molar-refractivity contribution in [1.29, 1.82) is 0 Å². The van der Waals surface area contributed by atoms with Gasteiger partial charge in [0.05, 0.1) is 22.3 Å². The van der Waals surface area contributed by atoms with Crippen molar-refractivity contribution in [2.24, 2.45) is 0 Å². The third kappa shape index (κ3) is 3.76. The Morgan fingerprint density at radius 1 is 1.03 bits per heavy atom. The van der Waals surface area contributed by atoms with Crippen LogP contribution in [0, 0.1) is 13.8 Å². The first-order chi connectivity index (χ1) is 14.0. The summed E-state index contributed by atoms with van der Waals surface area (Å²) in [6.45, 7) is 6.50. The lowest BCUT2D eigenvalue weighted by atomic mass is 10.0. The van der Waals surface area contributed by atoms with Crippen LogP contribution in [0.1, 0.15) is 40.2 Å². The van der Waals surface area contributed by atoms with Crippen molar-refractivity contribution in [3.8, 4) is 5.69 Å². The third-order valence-electron chi connectivity index (χ3n) is 5.12. The average Bonchev–Trinajstić information content (AvgIpc) is 3.08. The van der Waals surface area contributed by atoms with Gasteiger partial charge < -0.3 is 5.32 Å². The van der Waals surface area contributed by atoms with Crippen LogP contribution in [0.3, 0.4) is 0 Å². The summed E-state index contributed by atoms with van der Waals surface area (Å²) in [5.74, 6) is 0.130. The molecule has 0 fully saturated rings. The lowest BCUT2D eigenvalue weighted by Gasteiger charge is -2.14. The molecule has 146 valence electrons. The molecule has 1 atom stereocenters. The summed E-state index contributed by atoms with van der Waals surface area (Å²) in [6.07, 6.45) is 0. The monoisotopic (exact) mass is 384 g/mol. The van der Waals surface area contributed by atoms with Gasteiger partial charge in [0.1, 0.15) is 0 Å². The maximum absolute atomic E-state index is 13.1. The highest BCUT2D eigenvalue weighted by Gasteiger charge is 2.20. The smallest absolute Gasteiger partial charge is 0.252 e. The molecule has 0 saturated carbocycles. The van der Waals surface area contributed by atoms with E-state index in [0.717, 1.165) is 22.5 Å². The Morgan fingerprint density at radius 3 is 2.38 bits per heavy atom. The van der Waals surface area contributed by atoms with Crippen LogP contribution in [0.25, 0.3) is 16.7 Å². The van der Waals surface area contributed by atoms with Gasteiger partial charge in [0, 0.05) is 12.2 Å². The predicted octanol–water partition coefficient (Wildman–Crippen LogP) is 4.57. The number of carbonyl (C=O) groups is 1. The lowest BCUT2D eigenvalue weighted by molar-refractivity contribution is 0.0953. The number of amides is 1. The maximum atomic E-state index is 13.1. The number of rotatable bonds is 5. The zero-order valence-electron chi connectivity index (χ0n) is 16.9. The van der Waals surface area contributed by atoms with E-state index < -0.39 is 0 Å². The molecule has 2 heterocycles. The highest BCUT2D eigenvalue weighted by atomic mass is 16.1. The molecule has 1 N–H and O–H groups in total. The average molecular weight is 384 g/mol. The van der Waals surface area contributed by atoms with Crippen LogP contribution in [0.4, 0.5) is 0 Å².